The summed E-state index contributed by atoms with van der Waals surface area (Å²) < 4.78 is 12.0. The van der Waals surface area contributed by atoms with Gasteiger partial charge in [-0.25, -0.2) is 14.3 Å². The van der Waals surface area contributed by atoms with Crippen molar-refractivity contribution in [2.24, 2.45) is 0 Å². The molecule has 0 bridgehead atoms. The molecule has 0 saturated heterocycles. The molecule has 22 heavy (non-hydrogen) atoms. The van der Waals surface area contributed by atoms with Crippen LogP contribution in [0, 0.1) is 6.92 Å². The second kappa shape index (κ2) is 5.85. The Hall–Kier alpha value is -2.89. The van der Waals surface area contributed by atoms with Gasteiger partial charge in [-0.05, 0) is 36.8 Å². The predicted molar refractivity (Wildman–Crippen MR) is 79.8 cm³/mol. The number of hydrogen-bond donors (Lipinski definition) is 0. The number of ether oxygens (including phenoxy) is 2. The number of hydrogen-bond acceptors (Lipinski definition) is 5. The standard InChI is InChI=1S/C16H15N3O3/c1-11-5-3-6-12(9-11)22-10-14-17-15-13(16(20)21-2)7-4-8-19(15)18-14/h3-9H,10H2,1-2H3. The number of carbonyl (C=O) groups excluding carboxylic acids is 1. The zero-order chi connectivity index (χ0) is 15.5. The summed E-state index contributed by atoms with van der Waals surface area (Å²) in [5.41, 5.74) is 1.95. The first kappa shape index (κ1) is 14.1. The molecule has 3 rings (SSSR count). The van der Waals surface area contributed by atoms with E-state index < -0.39 is 5.97 Å². The maximum atomic E-state index is 11.7. The minimum Gasteiger partial charge on any atom is -0.486 e. The quantitative estimate of drug-likeness (QED) is 0.692. The van der Waals surface area contributed by atoms with Crippen molar-refractivity contribution in [1.82, 2.24) is 14.6 Å². The molecule has 6 nitrogen and oxygen atoms in total. The van der Waals surface area contributed by atoms with Crippen LogP contribution in [0.4, 0.5) is 0 Å². The molecule has 2 aromatic heterocycles. The van der Waals surface area contributed by atoms with Crippen LogP contribution < -0.4 is 4.74 Å². The molecule has 0 fully saturated rings. The molecule has 0 spiro atoms. The van der Waals surface area contributed by atoms with E-state index in [0.29, 0.717) is 17.0 Å². The highest BCUT2D eigenvalue weighted by atomic mass is 16.5. The molecule has 0 unspecified atom stereocenters. The van der Waals surface area contributed by atoms with Gasteiger partial charge in [0.25, 0.3) is 0 Å². The number of methoxy groups -OCH3 is 1. The molecule has 0 atom stereocenters. The Bertz CT molecular complexity index is 826. The van der Waals surface area contributed by atoms with E-state index in [1.807, 2.05) is 31.2 Å². The van der Waals surface area contributed by atoms with E-state index in [0.717, 1.165) is 11.3 Å². The molecule has 0 radical (unpaired) electrons. The normalized spacial score (nSPS) is 10.6. The van der Waals surface area contributed by atoms with Crippen LogP contribution in [-0.4, -0.2) is 27.7 Å². The van der Waals surface area contributed by atoms with Crippen molar-refractivity contribution in [3.63, 3.8) is 0 Å². The Morgan fingerprint density at radius 1 is 1.27 bits per heavy atom. The van der Waals surface area contributed by atoms with Crippen LogP contribution in [0.25, 0.3) is 5.65 Å². The zero-order valence-electron chi connectivity index (χ0n) is 12.3. The van der Waals surface area contributed by atoms with Crippen molar-refractivity contribution in [2.75, 3.05) is 7.11 Å². The molecule has 0 aliphatic heterocycles. The van der Waals surface area contributed by atoms with Gasteiger partial charge >= 0.3 is 5.97 Å². The summed E-state index contributed by atoms with van der Waals surface area (Å²) in [5, 5.41) is 4.30. The minimum atomic E-state index is -0.441. The predicted octanol–water partition coefficient (Wildman–Crippen LogP) is 2.40. The summed E-state index contributed by atoms with van der Waals surface area (Å²) in [6.45, 7) is 2.23. The molecule has 0 amide bonds. The highest BCUT2D eigenvalue weighted by molar-refractivity contribution is 5.95. The van der Waals surface area contributed by atoms with Gasteiger partial charge in [0.1, 0.15) is 17.9 Å². The number of benzene rings is 1. The Kier molecular flexibility index (Phi) is 3.74. The molecule has 6 heteroatoms. The summed E-state index contributed by atoms with van der Waals surface area (Å²) in [5.74, 6) is 0.814. The van der Waals surface area contributed by atoms with Crippen LogP contribution in [0.2, 0.25) is 0 Å². The molecule has 3 aromatic rings. The van der Waals surface area contributed by atoms with Gasteiger partial charge in [-0.2, -0.15) is 0 Å². The fourth-order valence-corrected chi connectivity index (χ4v) is 2.13. The summed E-state index contributed by atoms with van der Waals surface area (Å²) >= 11 is 0. The molecular formula is C16H15N3O3. The van der Waals surface area contributed by atoms with Crippen LogP contribution in [-0.2, 0) is 11.3 Å². The lowest BCUT2D eigenvalue weighted by Crippen LogP contribution is -2.04. The summed E-state index contributed by atoms with van der Waals surface area (Å²) in [6.07, 6.45) is 1.73. The number of esters is 1. The van der Waals surface area contributed by atoms with E-state index in [2.05, 4.69) is 10.1 Å². The van der Waals surface area contributed by atoms with Crippen molar-refractivity contribution < 1.29 is 14.3 Å². The first-order valence-electron chi connectivity index (χ1n) is 6.79. The lowest BCUT2D eigenvalue weighted by atomic mass is 10.2. The summed E-state index contributed by atoms with van der Waals surface area (Å²) in [6, 6.07) is 11.1. The van der Waals surface area contributed by atoms with Gasteiger partial charge in [0, 0.05) is 6.20 Å². The lowest BCUT2D eigenvalue weighted by Gasteiger charge is -2.03. The fraction of sp³-hybridized carbons (Fsp3) is 0.188. The Morgan fingerprint density at radius 2 is 2.14 bits per heavy atom. The Balaban J connectivity index is 1.85. The van der Waals surface area contributed by atoms with Crippen molar-refractivity contribution >= 4 is 11.6 Å². The van der Waals surface area contributed by atoms with Gasteiger partial charge in [0.2, 0.25) is 0 Å². The first-order chi connectivity index (χ1) is 10.7. The van der Waals surface area contributed by atoms with E-state index in [4.69, 9.17) is 9.47 Å². The molecule has 0 aliphatic carbocycles. The molecule has 112 valence electrons. The zero-order valence-corrected chi connectivity index (χ0v) is 12.3. The van der Waals surface area contributed by atoms with Gasteiger partial charge < -0.3 is 9.47 Å². The van der Waals surface area contributed by atoms with E-state index in [-0.39, 0.29) is 6.61 Å². The molecular weight excluding hydrogens is 282 g/mol. The Labute approximate surface area is 127 Å². The SMILES string of the molecule is COC(=O)c1cccn2nc(COc3cccc(C)c3)nc12. The van der Waals surface area contributed by atoms with Crippen LogP contribution in [0.15, 0.2) is 42.6 Å². The van der Waals surface area contributed by atoms with E-state index in [9.17, 15) is 4.79 Å². The first-order valence-corrected chi connectivity index (χ1v) is 6.79. The summed E-state index contributed by atoms with van der Waals surface area (Å²) in [7, 11) is 1.34. The fourth-order valence-electron chi connectivity index (χ4n) is 2.13. The maximum absolute atomic E-state index is 11.7. The van der Waals surface area contributed by atoms with Gasteiger partial charge in [-0.1, -0.05) is 12.1 Å². The second-order valence-electron chi connectivity index (χ2n) is 4.81. The number of aryl methyl sites for hydroxylation is 1. The average molecular weight is 297 g/mol. The van der Waals surface area contributed by atoms with Crippen LogP contribution >= 0.6 is 0 Å². The van der Waals surface area contributed by atoms with Crippen molar-refractivity contribution in [2.45, 2.75) is 13.5 Å². The topological polar surface area (TPSA) is 65.7 Å². The van der Waals surface area contributed by atoms with Crippen LogP contribution in [0.3, 0.4) is 0 Å². The smallest absolute Gasteiger partial charge is 0.341 e. The van der Waals surface area contributed by atoms with Gasteiger partial charge in [0.05, 0.1) is 7.11 Å². The molecule has 0 aliphatic rings. The third-order valence-electron chi connectivity index (χ3n) is 3.17. The number of pyridine rings is 1. The number of rotatable bonds is 4. The molecule has 0 N–H and O–H groups in total. The molecule has 2 heterocycles. The number of fused-ring (bicyclic) bond motifs is 1. The number of carbonyl (C=O) groups is 1. The van der Waals surface area contributed by atoms with E-state index in [1.165, 1.54) is 7.11 Å². The average Bonchev–Trinajstić information content (AvgIpc) is 2.95. The van der Waals surface area contributed by atoms with Crippen LogP contribution in [0.5, 0.6) is 5.75 Å². The van der Waals surface area contributed by atoms with Crippen molar-refractivity contribution in [1.29, 1.82) is 0 Å². The largest absolute Gasteiger partial charge is 0.486 e. The van der Waals surface area contributed by atoms with E-state index in [1.54, 1.807) is 22.8 Å². The monoisotopic (exact) mass is 297 g/mol. The minimum absolute atomic E-state index is 0.228. The number of aromatic nitrogens is 3. The maximum Gasteiger partial charge on any atom is 0.341 e. The van der Waals surface area contributed by atoms with Crippen molar-refractivity contribution in [3.05, 3.63) is 59.5 Å². The summed E-state index contributed by atoms with van der Waals surface area (Å²) in [4.78, 5) is 16.1. The second-order valence-corrected chi connectivity index (χ2v) is 4.81. The number of nitrogens with zero attached hydrogens (tertiary/aromatic N) is 3. The lowest BCUT2D eigenvalue weighted by molar-refractivity contribution is 0.0602. The highest BCUT2D eigenvalue weighted by Gasteiger charge is 2.14. The van der Waals surface area contributed by atoms with Gasteiger partial charge in [0.15, 0.2) is 11.5 Å². The van der Waals surface area contributed by atoms with Gasteiger partial charge in [-0.3, -0.25) is 0 Å². The van der Waals surface area contributed by atoms with Crippen molar-refractivity contribution in [3.8, 4) is 5.75 Å². The van der Waals surface area contributed by atoms with Gasteiger partial charge in [-0.15, -0.1) is 5.10 Å². The van der Waals surface area contributed by atoms with Crippen LogP contribution in [0.1, 0.15) is 21.7 Å². The molecule has 1 aromatic carbocycles. The third-order valence-corrected chi connectivity index (χ3v) is 3.17. The van der Waals surface area contributed by atoms with E-state index >= 15 is 0 Å². The molecule has 0 saturated carbocycles. The highest BCUT2D eigenvalue weighted by Crippen LogP contribution is 2.15. The third kappa shape index (κ3) is 2.76. The Morgan fingerprint density at radius 3 is 2.91 bits per heavy atom.